The monoisotopic (exact) mass is 462 g/mol. The molecule has 1 aliphatic carbocycles. The maximum absolute atomic E-state index is 12.8. The molecule has 2 N–H and O–H groups in total. The van der Waals surface area contributed by atoms with E-state index in [4.69, 9.17) is 10.00 Å². The molecule has 0 unspecified atom stereocenters. The van der Waals surface area contributed by atoms with Crippen LogP contribution in [0.5, 0.6) is 0 Å². The minimum atomic E-state index is -0.644. The number of carbonyl (C=O) groups excluding carboxylic acids is 2. The minimum Gasteiger partial charge on any atom is -0.465 e. The van der Waals surface area contributed by atoms with Gasteiger partial charge in [0.05, 0.1) is 36.7 Å². The maximum atomic E-state index is 12.8. The van der Waals surface area contributed by atoms with E-state index in [-0.39, 0.29) is 22.5 Å². The van der Waals surface area contributed by atoms with Gasteiger partial charge in [-0.3, -0.25) is 10.1 Å². The Morgan fingerprint density at radius 1 is 1.09 bits per heavy atom. The molecule has 1 saturated heterocycles. The van der Waals surface area contributed by atoms with E-state index in [2.05, 4.69) is 25.7 Å². The van der Waals surface area contributed by atoms with Gasteiger partial charge in [-0.2, -0.15) is 5.26 Å². The normalized spacial score (nSPS) is 17.8. The summed E-state index contributed by atoms with van der Waals surface area (Å²) in [5.41, 5.74) is 0.894. The lowest BCUT2D eigenvalue weighted by molar-refractivity contribution is 0.0602. The van der Waals surface area contributed by atoms with Crippen LogP contribution in [0.15, 0.2) is 30.3 Å². The summed E-state index contributed by atoms with van der Waals surface area (Å²) >= 11 is 0. The second-order valence-corrected chi connectivity index (χ2v) is 9.03. The van der Waals surface area contributed by atoms with E-state index in [0.29, 0.717) is 12.2 Å². The fourth-order valence-electron chi connectivity index (χ4n) is 4.80. The number of aromatic nitrogens is 2. The van der Waals surface area contributed by atoms with Crippen LogP contribution >= 0.6 is 0 Å². The molecule has 2 aromatic rings. The molecule has 0 bridgehead atoms. The van der Waals surface area contributed by atoms with Gasteiger partial charge in [0.25, 0.3) is 5.91 Å². The van der Waals surface area contributed by atoms with Crippen molar-refractivity contribution in [1.29, 1.82) is 5.26 Å². The standard InChI is InChI=1S/C25H30N6O3/c1-34-24(33)19-14-18(15-26)8-9-20(19)28-23(32)21-10-11-22(30-29-21)31-16-25(27-17-31)12-6-4-2-3-5-7-13-25/h8-11,14,27H,2-7,12-13,16-17H2,1H3,(H,28,32). The zero-order chi connectivity index (χ0) is 24.0. The predicted octanol–water partition coefficient (Wildman–Crippen LogP) is 3.63. The molecule has 178 valence electrons. The largest absolute Gasteiger partial charge is 0.465 e. The number of nitriles is 1. The molecule has 1 aliphatic heterocycles. The summed E-state index contributed by atoms with van der Waals surface area (Å²) in [6, 6.07) is 9.80. The SMILES string of the molecule is COC(=O)c1cc(C#N)ccc1NC(=O)c1ccc(N2CNC3(CCCCCCCC3)C2)nn1. The van der Waals surface area contributed by atoms with E-state index in [1.165, 1.54) is 76.7 Å². The van der Waals surface area contributed by atoms with Crippen molar-refractivity contribution in [3.05, 3.63) is 47.2 Å². The Kier molecular flexibility index (Phi) is 7.38. The van der Waals surface area contributed by atoms with Gasteiger partial charge in [0.2, 0.25) is 0 Å². The molecule has 1 aromatic carbocycles. The number of carbonyl (C=O) groups is 2. The first-order valence-corrected chi connectivity index (χ1v) is 11.8. The Morgan fingerprint density at radius 3 is 2.47 bits per heavy atom. The predicted molar refractivity (Wildman–Crippen MR) is 127 cm³/mol. The number of amides is 1. The van der Waals surface area contributed by atoms with Crippen molar-refractivity contribution in [2.75, 3.05) is 30.5 Å². The Hall–Kier alpha value is -3.51. The average Bonchev–Trinajstić information content (AvgIpc) is 3.33. The molecule has 1 saturated carbocycles. The summed E-state index contributed by atoms with van der Waals surface area (Å²) in [6.45, 7) is 1.61. The summed E-state index contributed by atoms with van der Waals surface area (Å²) in [7, 11) is 1.24. The molecule has 0 radical (unpaired) electrons. The van der Waals surface area contributed by atoms with Gasteiger partial charge < -0.3 is 15.0 Å². The zero-order valence-electron chi connectivity index (χ0n) is 19.5. The molecule has 34 heavy (non-hydrogen) atoms. The van der Waals surface area contributed by atoms with E-state index in [9.17, 15) is 9.59 Å². The topological polar surface area (TPSA) is 120 Å². The van der Waals surface area contributed by atoms with Gasteiger partial charge in [-0.25, -0.2) is 4.79 Å². The number of anilines is 2. The van der Waals surface area contributed by atoms with Crippen molar-refractivity contribution in [3.63, 3.8) is 0 Å². The van der Waals surface area contributed by atoms with Gasteiger partial charge in [-0.15, -0.1) is 10.2 Å². The molecular formula is C25H30N6O3. The summed E-state index contributed by atoms with van der Waals surface area (Å²) in [5.74, 6) is -0.412. The van der Waals surface area contributed by atoms with E-state index in [1.807, 2.05) is 6.07 Å². The molecular weight excluding hydrogens is 432 g/mol. The Bertz CT molecular complexity index is 1070. The van der Waals surface area contributed by atoms with Crippen LogP contribution in [-0.2, 0) is 4.74 Å². The lowest BCUT2D eigenvalue weighted by Crippen LogP contribution is -2.42. The number of methoxy groups -OCH3 is 1. The molecule has 0 atom stereocenters. The van der Waals surface area contributed by atoms with Gasteiger partial charge >= 0.3 is 5.97 Å². The lowest BCUT2D eigenvalue weighted by atomic mass is 9.88. The lowest BCUT2D eigenvalue weighted by Gasteiger charge is -2.29. The number of ether oxygens (including phenoxy) is 1. The highest BCUT2D eigenvalue weighted by molar-refractivity contribution is 6.07. The third-order valence-corrected chi connectivity index (χ3v) is 6.71. The number of hydrogen-bond donors (Lipinski definition) is 2. The number of benzene rings is 1. The van der Waals surface area contributed by atoms with Crippen molar-refractivity contribution in [1.82, 2.24) is 15.5 Å². The first kappa shape index (κ1) is 23.6. The fraction of sp³-hybridized carbons (Fsp3) is 0.480. The highest BCUT2D eigenvalue weighted by Gasteiger charge is 2.37. The number of rotatable bonds is 4. The van der Waals surface area contributed by atoms with Gasteiger partial charge in [0, 0.05) is 12.1 Å². The molecule has 2 fully saturated rings. The molecule has 9 nitrogen and oxygen atoms in total. The van der Waals surface area contributed by atoms with Crippen molar-refractivity contribution >= 4 is 23.4 Å². The van der Waals surface area contributed by atoms with Crippen LogP contribution < -0.4 is 15.5 Å². The molecule has 2 heterocycles. The Morgan fingerprint density at radius 2 is 1.82 bits per heavy atom. The van der Waals surface area contributed by atoms with Crippen LogP contribution in [0, 0.1) is 11.3 Å². The third kappa shape index (κ3) is 5.34. The molecule has 4 rings (SSSR count). The third-order valence-electron chi connectivity index (χ3n) is 6.71. The van der Waals surface area contributed by atoms with Crippen molar-refractivity contribution < 1.29 is 14.3 Å². The summed E-state index contributed by atoms with van der Waals surface area (Å²) in [4.78, 5) is 27.0. The van der Waals surface area contributed by atoms with Crippen molar-refractivity contribution in [3.8, 4) is 6.07 Å². The summed E-state index contributed by atoms with van der Waals surface area (Å²) in [5, 5.41) is 23.9. The highest BCUT2D eigenvalue weighted by Crippen LogP contribution is 2.31. The Balaban J connectivity index is 1.44. The van der Waals surface area contributed by atoms with Crippen molar-refractivity contribution in [2.45, 2.75) is 56.9 Å². The van der Waals surface area contributed by atoms with Crippen molar-refractivity contribution in [2.24, 2.45) is 0 Å². The summed E-state index contributed by atoms with van der Waals surface area (Å²) in [6.07, 6.45) is 10.1. The average molecular weight is 463 g/mol. The molecule has 2 aliphatic rings. The van der Waals surface area contributed by atoms with Crippen LogP contribution in [0.3, 0.4) is 0 Å². The maximum Gasteiger partial charge on any atom is 0.340 e. The van der Waals surface area contributed by atoms with Crippen LogP contribution in [0.1, 0.15) is 77.8 Å². The van der Waals surface area contributed by atoms with Gasteiger partial charge in [0.15, 0.2) is 11.5 Å². The Labute approximate surface area is 199 Å². The molecule has 1 aromatic heterocycles. The summed E-state index contributed by atoms with van der Waals surface area (Å²) < 4.78 is 4.77. The van der Waals surface area contributed by atoms with E-state index in [1.54, 1.807) is 12.1 Å². The fourth-order valence-corrected chi connectivity index (χ4v) is 4.80. The van der Waals surface area contributed by atoms with E-state index >= 15 is 0 Å². The first-order valence-electron chi connectivity index (χ1n) is 11.8. The number of esters is 1. The van der Waals surface area contributed by atoms with Gasteiger partial charge in [-0.1, -0.05) is 38.5 Å². The van der Waals surface area contributed by atoms with E-state index < -0.39 is 11.9 Å². The second-order valence-electron chi connectivity index (χ2n) is 9.03. The molecule has 1 spiro atoms. The van der Waals surface area contributed by atoms with E-state index in [0.717, 1.165) is 12.4 Å². The number of nitrogens with one attached hydrogen (secondary N) is 2. The second kappa shape index (κ2) is 10.6. The highest BCUT2D eigenvalue weighted by atomic mass is 16.5. The van der Waals surface area contributed by atoms with Gasteiger partial charge in [-0.05, 0) is 43.2 Å². The quantitative estimate of drug-likeness (QED) is 0.661. The number of hydrogen-bond acceptors (Lipinski definition) is 8. The first-order chi connectivity index (χ1) is 16.5. The number of nitrogens with zero attached hydrogens (tertiary/aromatic N) is 4. The minimum absolute atomic E-state index is 0.0999. The smallest absolute Gasteiger partial charge is 0.340 e. The van der Waals surface area contributed by atoms with Crippen LogP contribution in [0.2, 0.25) is 0 Å². The van der Waals surface area contributed by atoms with Gasteiger partial charge in [0.1, 0.15) is 0 Å². The van der Waals surface area contributed by atoms with Crippen LogP contribution in [-0.4, -0.2) is 47.9 Å². The van der Waals surface area contributed by atoms with Crippen LogP contribution in [0.4, 0.5) is 11.5 Å². The molecule has 9 heteroatoms. The van der Waals surface area contributed by atoms with Crippen LogP contribution in [0.25, 0.3) is 0 Å². The molecule has 1 amide bonds. The zero-order valence-corrected chi connectivity index (χ0v) is 19.5.